The Morgan fingerprint density at radius 2 is 1.54 bits per heavy atom. The molecule has 2 aromatic rings. The molecule has 2 rings (SSSR count). The van der Waals surface area contributed by atoms with E-state index in [1.54, 1.807) is 0 Å². The first-order valence-corrected chi connectivity index (χ1v) is 8.13. The second-order valence-electron chi connectivity index (χ2n) is 5.04. The third-order valence-corrected chi connectivity index (χ3v) is 4.72. The molecule has 2 aromatic carbocycles. The minimum atomic E-state index is -4.22. The summed E-state index contributed by atoms with van der Waals surface area (Å²) in [5.41, 5.74) is -0.265. The predicted octanol–water partition coefficient (Wildman–Crippen LogP) is 2.92. The lowest BCUT2D eigenvalue weighted by Gasteiger charge is -2.11. The van der Waals surface area contributed by atoms with Gasteiger partial charge in [0.05, 0.1) is 14.7 Å². The summed E-state index contributed by atoms with van der Waals surface area (Å²) in [5, 5.41) is 22.0. The largest absolute Gasteiger partial charge is 0.293 e. The number of rotatable bonds is 5. The molecule has 0 unspecified atom stereocenters. The molecule has 0 radical (unpaired) electrons. The van der Waals surface area contributed by atoms with E-state index in [-0.39, 0.29) is 16.3 Å². The summed E-state index contributed by atoms with van der Waals surface area (Å²) in [4.78, 5) is 20.3. The molecule has 0 saturated carbocycles. The smallest absolute Gasteiger partial charge is 0.273 e. The van der Waals surface area contributed by atoms with Crippen molar-refractivity contribution in [3.8, 4) is 0 Å². The highest BCUT2D eigenvalue weighted by atomic mass is 32.2. The van der Waals surface area contributed by atoms with Gasteiger partial charge < -0.3 is 0 Å². The van der Waals surface area contributed by atoms with Gasteiger partial charge in [-0.3, -0.25) is 25.0 Å². The van der Waals surface area contributed by atoms with Crippen molar-refractivity contribution in [2.45, 2.75) is 18.7 Å². The van der Waals surface area contributed by atoms with Gasteiger partial charge in [0.1, 0.15) is 5.69 Å². The monoisotopic (exact) mass is 351 g/mol. The van der Waals surface area contributed by atoms with E-state index < -0.39 is 25.6 Å². The van der Waals surface area contributed by atoms with Gasteiger partial charge in [-0.2, -0.15) is 0 Å². The van der Waals surface area contributed by atoms with Crippen molar-refractivity contribution in [3.63, 3.8) is 0 Å². The SMILES string of the molecule is Cc1ccc(S(=O)(=O)Nc2c(C)cccc2[N+](=O)[O-])cc1[N+](=O)[O-]. The molecule has 0 fully saturated rings. The second kappa shape index (κ2) is 6.24. The Hall–Kier alpha value is -3.01. The van der Waals surface area contributed by atoms with Crippen LogP contribution in [-0.4, -0.2) is 18.3 Å². The van der Waals surface area contributed by atoms with Gasteiger partial charge in [-0.05, 0) is 25.5 Å². The number of hydrogen-bond donors (Lipinski definition) is 1. The molecule has 0 aromatic heterocycles. The van der Waals surface area contributed by atoms with E-state index in [1.807, 2.05) is 0 Å². The van der Waals surface area contributed by atoms with Crippen LogP contribution in [0.3, 0.4) is 0 Å². The van der Waals surface area contributed by atoms with Crippen molar-refractivity contribution in [1.29, 1.82) is 0 Å². The van der Waals surface area contributed by atoms with Gasteiger partial charge >= 0.3 is 0 Å². The first kappa shape index (κ1) is 17.3. The summed E-state index contributed by atoms with van der Waals surface area (Å²) < 4.78 is 27.1. The molecule has 0 saturated heterocycles. The normalized spacial score (nSPS) is 11.1. The number of nitro benzene ring substituents is 2. The van der Waals surface area contributed by atoms with Crippen LogP contribution in [0.5, 0.6) is 0 Å². The van der Waals surface area contributed by atoms with Gasteiger partial charge in [-0.25, -0.2) is 8.42 Å². The number of hydrogen-bond acceptors (Lipinski definition) is 6. The maximum atomic E-state index is 12.5. The number of nitrogens with zero attached hydrogens (tertiary/aromatic N) is 2. The Bertz CT molecular complexity index is 940. The van der Waals surface area contributed by atoms with Crippen LogP contribution >= 0.6 is 0 Å². The highest BCUT2D eigenvalue weighted by Gasteiger charge is 2.24. The Kier molecular flexibility index (Phi) is 4.51. The molecule has 10 heteroatoms. The molecule has 0 spiro atoms. The quantitative estimate of drug-likeness (QED) is 0.650. The number of sulfonamides is 1. The van der Waals surface area contributed by atoms with Crippen molar-refractivity contribution in [2.75, 3.05) is 4.72 Å². The molecule has 1 N–H and O–H groups in total. The Labute approximate surface area is 137 Å². The lowest BCUT2D eigenvalue weighted by atomic mass is 10.2. The van der Waals surface area contributed by atoms with Crippen molar-refractivity contribution in [1.82, 2.24) is 0 Å². The number of nitrogens with one attached hydrogen (secondary N) is 1. The maximum Gasteiger partial charge on any atom is 0.293 e. The molecular weight excluding hydrogens is 338 g/mol. The fourth-order valence-electron chi connectivity index (χ4n) is 2.08. The predicted molar refractivity (Wildman–Crippen MR) is 86.5 cm³/mol. The first-order valence-electron chi connectivity index (χ1n) is 6.65. The molecule has 0 heterocycles. The zero-order valence-corrected chi connectivity index (χ0v) is 13.5. The third-order valence-electron chi connectivity index (χ3n) is 3.37. The maximum absolute atomic E-state index is 12.5. The van der Waals surface area contributed by atoms with E-state index in [0.29, 0.717) is 11.1 Å². The summed E-state index contributed by atoms with van der Waals surface area (Å²) in [6.07, 6.45) is 0. The minimum Gasteiger partial charge on any atom is -0.273 e. The zero-order chi connectivity index (χ0) is 18.1. The molecule has 0 bridgehead atoms. The van der Waals surface area contributed by atoms with Crippen LogP contribution in [0.1, 0.15) is 11.1 Å². The van der Waals surface area contributed by atoms with Crippen LogP contribution in [0, 0.1) is 34.1 Å². The summed E-state index contributed by atoms with van der Waals surface area (Å²) in [6, 6.07) is 7.54. The summed E-state index contributed by atoms with van der Waals surface area (Å²) in [6.45, 7) is 3.00. The van der Waals surface area contributed by atoms with Crippen molar-refractivity contribution < 1.29 is 18.3 Å². The molecule has 9 nitrogen and oxygen atoms in total. The standard InChI is InChI=1S/C14H13N3O6S/c1-9-6-7-11(8-13(9)17(20)21)24(22,23)15-14-10(2)4-3-5-12(14)16(18)19/h3-8,15H,1-2H3. The second-order valence-corrected chi connectivity index (χ2v) is 6.72. The van der Waals surface area contributed by atoms with Crippen LogP contribution in [-0.2, 0) is 10.0 Å². The van der Waals surface area contributed by atoms with E-state index in [1.165, 1.54) is 44.2 Å². The van der Waals surface area contributed by atoms with Gasteiger partial charge in [-0.15, -0.1) is 0 Å². The lowest BCUT2D eigenvalue weighted by Crippen LogP contribution is -2.15. The van der Waals surface area contributed by atoms with Gasteiger partial charge in [0.15, 0.2) is 0 Å². The highest BCUT2D eigenvalue weighted by Crippen LogP contribution is 2.31. The molecule has 0 amide bonds. The number of benzene rings is 2. The Morgan fingerprint density at radius 1 is 0.917 bits per heavy atom. The summed E-state index contributed by atoms with van der Waals surface area (Å²) in [5.74, 6) is 0. The molecule has 126 valence electrons. The van der Waals surface area contributed by atoms with Gasteiger partial charge in [0.2, 0.25) is 0 Å². The molecule has 0 aliphatic carbocycles. The molecule has 24 heavy (non-hydrogen) atoms. The summed E-state index contributed by atoms with van der Waals surface area (Å²) >= 11 is 0. The minimum absolute atomic E-state index is 0.175. The summed E-state index contributed by atoms with van der Waals surface area (Å²) in [7, 11) is -4.22. The molecule has 0 aliphatic heterocycles. The van der Waals surface area contributed by atoms with Crippen molar-refractivity contribution in [2.24, 2.45) is 0 Å². The van der Waals surface area contributed by atoms with E-state index in [2.05, 4.69) is 4.72 Å². The molecular formula is C14H13N3O6S. The van der Waals surface area contributed by atoms with E-state index in [0.717, 1.165) is 6.07 Å². The Balaban J connectivity index is 2.53. The van der Waals surface area contributed by atoms with E-state index >= 15 is 0 Å². The number of aryl methyl sites for hydroxylation is 2. The molecule has 0 atom stereocenters. The van der Waals surface area contributed by atoms with Crippen LogP contribution in [0.15, 0.2) is 41.3 Å². The van der Waals surface area contributed by atoms with Crippen LogP contribution < -0.4 is 4.72 Å². The van der Waals surface area contributed by atoms with E-state index in [9.17, 15) is 28.6 Å². The highest BCUT2D eigenvalue weighted by molar-refractivity contribution is 7.92. The van der Waals surface area contributed by atoms with Gasteiger partial charge in [0.25, 0.3) is 21.4 Å². The van der Waals surface area contributed by atoms with Crippen LogP contribution in [0.2, 0.25) is 0 Å². The average Bonchev–Trinajstić information content (AvgIpc) is 2.48. The van der Waals surface area contributed by atoms with Crippen LogP contribution in [0.4, 0.5) is 17.1 Å². The number of para-hydroxylation sites is 1. The lowest BCUT2D eigenvalue weighted by molar-refractivity contribution is -0.385. The number of nitro groups is 2. The van der Waals surface area contributed by atoms with Crippen molar-refractivity contribution in [3.05, 3.63) is 67.8 Å². The van der Waals surface area contributed by atoms with Gasteiger partial charge in [0, 0.05) is 17.7 Å². The first-order chi connectivity index (χ1) is 11.1. The fourth-order valence-corrected chi connectivity index (χ4v) is 3.25. The van der Waals surface area contributed by atoms with E-state index in [4.69, 9.17) is 0 Å². The van der Waals surface area contributed by atoms with Crippen molar-refractivity contribution >= 4 is 27.1 Å². The number of anilines is 1. The zero-order valence-electron chi connectivity index (χ0n) is 12.7. The van der Waals surface area contributed by atoms with Crippen LogP contribution in [0.25, 0.3) is 0 Å². The average molecular weight is 351 g/mol. The van der Waals surface area contributed by atoms with Gasteiger partial charge in [-0.1, -0.05) is 18.2 Å². The third kappa shape index (κ3) is 3.33. The fraction of sp³-hybridized carbons (Fsp3) is 0.143. The Morgan fingerprint density at radius 3 is 2.12 bits per heavy atom. The topological polar surface area (TPSA) is 132 Å². The molecule has 0 aliphatic rings.